The lowest BCUT2D eigenvalue weighted by atomic mass is 10.1. The summed E-state index contributed by atoms with van der Waals surface area (Å²) < 4.78 is 16.0. The zero-order valence-electron chi connectivity index (χ0n) is 15.5. The zero-order valence-corrected chi connectivity index (χ0v) is 17.3. The highest BCUT2D eigenvalue weighted by Gasteiger charge is 2.37. The Kier molecular flexibility index (Phi) is 20.1. The third-order valence-electron chi connectivity index (χ3n) is 4.09. The maximum absolute atomic E-state index is 11.9. The monoisotopic (exact) mass is 396 g/mol. The fourth-order valence-electron chi connectivity index (χ4n) is 2.50. The third-order valence-corrected chi connectivity index (χ3v) is 8.11. The lowest BCUT2D eigenvalue weighted by Crippen LogP contribution is -2.43. The van der Waals surface area contributed by atoms with Crippen molar-refractivity contribution >= 4 is 36.6 Å². The minimum atomic E-state index is -2.52. The molecule has 24 heavy (non-hydrogen) atoms. The van der Waals surface area contributed by atoms with Crippen LogP contribution in [0, 0.1) is 0 Å². The largest absolute Gasteiger partial charge is 0.500 e. The minimum Gasteiger partial charge on any atom is -0.377 e. The van der Waals surface area contributed by atoms with Gasteiger partial charge in [0.15, 0.2) is 5.12 Å². The molecule has 0 aliphatic heterocycles. The molecule has 0 amide bonds. The number of hydrogen-bond donors (Lipinski definition) is 0. The van der Waals surface area contributed by atoms with Crippen LogP contribution in [-0.2, 0) is 18.1 Å². The van der Waals surface area contributed by atoms with E-state index in [2.05, 4.69) is 6.92 Å². The normalized spacial score (nSPS) is 11.3. The summed E-state index contributed by atoms with van der Waals surface area (Å²) in [4.78, 5) is 11.9. The van der Waals surface area contributed by atoms with Gasteiger partial charge in [0.2, 0.25) is 0 Å². The van der Waals surface area contributed by atoms with Crippen LogP contribution in [-0.4, -0.2) is 52.0 Å². The fraction of sp³-hybridized carbons (Fsp3) is 0.941. The zero-order chi connectivity index (χ0) is 17.4. The molecule has 0 aliphatic rings. The van der Waals surface area contributed by atoms with Crippen LogP contribution in [0.1, 0.15) is 71.1 Å². The number of unbranched alkanes of at least 4 members (excludes halogenated alkanes) is 8. The van der Waals surface area contributed by atoms with E-state index in [1.807, 2.05) is 0 Å². The Morgan fingerprint density at radius 1 is 0.833 bits per heavy atom. The summed E-state index contributed by atoms with van der Waals surface area (Å²) in [7, 11) is 2.30. The Morgan fingerprint density at radius 2 is 1.29 bits per heavy atom. The maximum atomic E-state index is 11.9. The van der Waals surface area contributed by atoms with Gasteiger partial charge in [-0.1, -0.05) is 70.1 Å². The van der Waals surface area contributed by atoms with Gasteiger partial charge in [0.05, 0.1) is 0 Å². The summed E-state index contributed by atoms with van der Waals surface area (Å²) in [5.41, 5.74) is 0. The van der Waals surface area contributed by atoms with Gasteiger partial charge in [0.25, 0.3) is 0 Å². The molecule has 0 fully saturated rings. The van der Waals surface area contributed by atoms with Crippen LogP contribution in [0.15, 0.2) is 0 Å². The molecule has 7 heteroatoms. The van der Waals surface area contributed by atoms with Crippen molar-refractivity contribution in [2.24, 2.45) is 0 Å². The van der Waals surface area contributed by atoms with Crippen LogP contribution >= 0.6 is 11.8 Å². The molecule has 0 unspecified atom stereocenters. The van der Waals surface area contributed by atoms with Gasteiger partial charge in [-0.05, 0) is 17.4 Å². The summed E-state index contributed by atoms with van der Waals surface area (Å²) >= 11 is 1.38. The van der Waals surface area contributed by atoms with Gasteiger partial charge in [-0.3, -0.25) is 4.79 Å². The molecule has 0 aliphatic carbocycles. The first kappa shape index (κ1) is 26.6. The average molecular weight is 397 g/mol. The van der Waals surface area contributed by atoms with Crippen molar-refractivity contribution in [3.8, 4) is 0 Å². The van der Waals surface area contributed by atoms with Crippen molar-refractivity contribution in [1.82, 2.24) is 0 Å². The van der Waals surface area contributed by atoms with E-state index in [4.69, 9.17) is 13.3 Å². The van der Waals surface area contributed by atoms with E-state index in [9.17, 15) is 4.79 Å². The van der Waals surface area contributed by atoms with Crippen LogP contribution in [0.5, 0.6) is 0 Å². The Hall–Kier alpha value is 0.334. The molecular weight excluding hydrogens is 356 g/mol. The van der Waals surface area contributed by atoms with Crippen molar-refractivity contribution in [3.63, 3.8) is 0 Å². The summed E-state index contributed by atoms with van der Waals surface area (Å²) in [5.74, 6) is 0.706. The van der Waals surface area contributed by atoms with E-state index in [0.29, 0.717) is 18.2 Å². The van der Waals surface area contributed by atoms with Gasteiger partial charge >= 0.3 is 8.80 Å². The molecule has 0 aromatic heterocycles. The van der Waals surface area contributed by atoms with E-state index in [0.717, 1.165) is 6.42 Å². The lowest BCUT2D eigenvalue weighted by Gasteiger charge is -2.23. The number of thioether (sulfide) groups is 1. The molecule has 0 atom stereocenters. The molecule has 0 heterocycles. The van der Waals surface area contributed by atoms with Gasteiger partial charge in [0, 0.05) is 39.5 Å². The van der Waals surface area contributed by atoms with Crippen molar-refractivity contribution in [2.45, 2.75) is 77.2 Å². The van der Waals surface area contributed by atoms with Crippen molar-refractivity contribution in [1.29, 1.82) is 0 Å². The number of rotatable bonds is 16. The first-order valence-electron chi connectivity index (χ1n) is 8.95. The average Bonchev–Trinajstić information content (AvgIpc) is 2.58. The predicted molar refractivity (Wildman–Crippen MR) is 112 cm³/mol. The number of carbonyl (C=O) groups is 1. The van der Waals surface area contributed by atoms with Crippen molar-refractivity contribution < 1.29 is 18.1 Å². The summed E-state index contributed by atoms with van der Waals surface area (Å²) in [6, 6.07) is 0.671. The van der Waals surface area contributed by atoms with E-state index < -0.39 is 8.80 Å². The molecule has 0 N–H and O–H groups in total. The van der Waals surface area contributed by atoms with E-state index >= 15 is 0 Å². The summed E-state index contributed by atoms with van der Waals surface area (Å²) in [6.07, 6.45) is 12.2. The molecule has 0 aromatic rings. The van der Waals surface area contributed by atoms with Gasteiger partial charge < -0.3 is 13.3 Å². The topological polar surface area (TPSA) is 44.8 Å². The van der Waals surface area contributed by atoms with E-state index in [1.165, 1.54) is 63.1 Å². The van der Waals surface area contributed by atoms with E-state index in [1.54, 1.807) is 21.3 Å². The van der Waals surface area contributed by atoms with Crippen LogP contribution in [0.3, 0.4) is 0 Å². The van der Waals surface area contributed by atoms with Crippen molar-refractivity contribution in [2.75, 3.05) is 27.1 Å². The second-order valence-corrected chi connectivity index (χ2v) is 10.1. The molecule has 0 radical (unpaired) electrons. The second kappa shape index (κ2) is 18.1. The highest BCUT2D eigenvalue weighted by molar-refractivity contribution is 8.13. The van der Waals surface area contributed by atoms with Gasteiger partial charge in [-0.25, -0.2) is 0 Å². The molecular formula is C17H40O4SSi2. The molecule has 0 saturated carbocycles. The van der Waals surface area contributed by atoms with Gasteiger partial charge in [-0.2, -0.15) is 0 Å². The lowest BCUT2D eigenvalue weighted by molar-refractivity contribution is -0.111. The Morgan fingerprint density at radius 3 is 1.75 bits per heavy atom. The molecule has 0 spiro atoms. The molecule has 0 aromatic carbocycles. The Labute approximate surface area is 159 Å². The van der Waals surface area contributed by atoms with Crippen LogP contribution in [0.4, 0.5) is 0 Å². The predicted octanol–water partition coefficient (Wildman–Crippen LogP) is 3.59. The third kappa shape index (κ3) is 13.6. The molecule has 0 saturated heterocycles. The summed E-state index contributed by atoms with van der Waals surface area (Å²) in [6.45, 7) is 2.25. The van der Waals surface area contributed by atoms with Gasteiger partial charge in [-0.15, -0.1) is 0 Å². The number of hydrogen-bond acceptors (Lipinski definition) is 5. The standard InChI is InChI=1S/C17H36O4SSi.H4Si/c1-5-6-7-8-9-10-11-12-13-14-17(18)22-15-16-23(19-2,20-3)21-4;/h5-16H2,1-4H3;1H4. The van der Waals surface area contributed by atoms with Crippen LogP contribution in [0.25, 0.3) is 0 Å². The SMILES string of the molecule is CCCCCCCCCCCC(=O)SCC[Si](OC)(OC)OC.[SiH4]. The molecule has 0 rings (SSSR count). The maximum Gasteiger partial charge on any atom is 0.500 e. The molecule has 146 valence electrons. The second-order valence-electron chi connectivity index (χ2n) is 5.84. The van der Waals surface area contributed by atoms with Gasteiger partial charge in [0.1, 0.15) is 0 Å². The highest BCUT2D eigenvalue weighted by Crippen LogP contribution is 2.19. The van der Waals surface area contributed by atoms with Crippen LogP contribution < -0.4 is 0 Å². The van der Waals surface area contributed by atoms with E-state index in [-0.39, 0.29) is 16.1 Å². The minimum absolute atomic E-state index is 0. The molecule has 4 nitrogen and oxygen atoms in total. The van der Waals surface area contributed by atoms with Crippen LogP contribution in [0.2, 0.25) is 6.04 Å². The van der Waals surface area contributed by atoms with Crippen molar-refractivity contribution in [3.05, 3.63) is 0 Å². The fourth-order valence-corrected chi connectivity index (χ4v) is 5.54. The Bertz CT molecular complexity index is 281. The number of carbonyl (C=O) groups excluding carboxylic acids is 1. The first-order chi connectivity index (χ1) is 11.1. The smallest absolute Gasteiger partial charge is 0.377 e. The quantitative estimate of drug-likeness (QED) is 0.295. The first-order valence-corrected chi connectivity index (χ1v) is 11.9. The Balaban J connectivity index is 0. The summed E-state index contributed by atoms with van der Waals surface area (Å²) in [5, 5.41) is 0.277. The molecule has 0 bridgehead atoms. The highest BCUT2D eigenvalue weighted by atomic mass is 32.2.